The van der Waals surface area contributed by atoms with Crippen molar-refractivity contribution in [3.63, 3.8) is 0 Å². The van der Waals surface area contributed by atoms with E-state index in [1.807, 2.05) is 6.92 Å². The average Bonchev–Trinajstić information content (AvgIpc) is 3.06. The van der Waals surface area contributed by atoms with Gasteiger partial charge in [-0.2, -0.15) is 0 Å². The van der Waals surface area contributed by atoms with Crippen molar-refractivity contribution in [2.75, 3.05) is 25.1 Å². The summed E-state index contributed by atoms with van der Waals surface area (Å²) in [6.45, 7) is 2.73. The molecule has 11 heteroatoms. The van der Waals surface area contributed by atoms with Gasteiger partial charge in [-0.15, -0.1) is 0 Å². The number of aromatic nitrogens is 2. The van der Waals surface area contributed by atoms with Crippen LogP contribution in [0.5, 0.6) is 23.3 Å². The maximum Gasteiger partial charge on any atom is 0.321 e. The molecule has 1 aliphatic heterocycles. The molecule has 1 aliphatic rings. The number of amides is 1. The van der Waals surface area contributed by atoms with Gasteiger partial charge in [0.05, 0.1) is 18.1 Å². The summed E-state index contributed by atoms with van der Waals surface area (Å²) in [6.07, 6.45) is 3.83. The van der Waals surface area contributed by atoms with Crippen LogP contribution >= 0.6 is 0 Å². The molecular formula is C23H24N4O6S. The first-order valence-corrected chi connectivity index (χ1v) is 12.1. The van der Waals surface area contributed by atoms with Crippen molar-refractivity contribution in [3.8, 4) is 23.3 Å². The fourth-order valence-corrected chi connectivity index (χ4v) is 4.24. The molecule has 1 amide bonds. The van der Waals surface area contributed by atoms with Crippen LogP contribution in [-0.4, -0.2) is 44.1 Å². The second-order valence-electron chi connectivity index (χ2n) is 7.47. The molecule has 0 bridgehead atoms. The van der Waals surface area contributed by atoms with Crippen LogP contribution in [0.1, 0.15) is 18.4 Å². The molecule has 0 fully saturated rings. The Morgan fingerprint density at radius 1 is 1.06 bits per heavy atom. The number of nitrogens with one attached hydrogen (secondary N) is 2. The minimum atomic E-state index is -3.81. The highest BCUT2D eigenvalue weighted by Gasteiger charge is 2.19. The highest BCUT2D eigenvalue weighted by Crippen LogP contribution is 2.31. The molecule has 0 saturated carbocycles. The molecule has 0 saturated heterocycles. The predicted molar refractivity (Wildman–Crippen MR) is 124 cm³/mol. The molecular weight excluding hydrogens is 460 g/mol. The van der Waals surface area contributed by atoms with Crippen LogP contribution in [0, 0.1) is 6.92 Å². The molecule has 3 aromatic rings. The highest BCUT2D eigenvalue weighted by atomic mass is 32.2. The zero-order valence-electron chi connectivity index (χ0n) is 18.5. The van der Waals surface area contributed by atoms with Crippen LogP contribution in [0.4, 0.5) is 5.69 Å². The Kier molecular flexibility index (Phi) is 7.24. The van der Waals surface area contributed by atoms with E-state index >= 15 is 0 Å². The number of benzene rings is 2. The lowest BCUT2D eigenvalue weighted by Gasteiger charge is -2.12. The van der Waals surface area contributed by atoms with Crippen LogP contribution < -0.4 is 24.2 Å². The average molecular weight is 485 g/mol. The van der Waals surface area contributed by atoms with Crippen LogP contribution in [0.25, 0.3) is 0 Å². The molecule has 1 aromatic heterocycles. The summed E-state index contributed by atoms with van der Waals surface area (Å²) in [5.41, 5.74) is 1.37. The van der Waals surface area contributed by atoms with E-state index in [4.69, 9.17) is 14.2 Å². The van der Waals surface area contributed by atoms with Gasteiger partial charge in [-0.05, 0) is 48.9 Å². The summed E-state index contributed by atoms with van der Waals surface area (Å²) in [7, 11) is -3.81. The third-order valence-electron chi connectivity index (χ3n) is 4.90. The fraction of sp³-hybridized carbons (Fsp3) is 0.261. The normalized spacial score (nSPS) is 13.1. The van der Waals surface area contributed by atoms with Gasteiger partial charge in [0.2, 0.25) is 15.9 Å². The lowest BCUT2D eigenvalue weighted by Crippen LogP contribution is -2.28. The van der Waals surface area contributed by atoms with E-state index in [1.54, 1.807) is 42.7 Å². The number of anilines is 1. The van der Waals surface area contributed by atoms with Crippen LogP contribution in [0.2, 0.25) is 0 Å². The number of carbonyl (C=O) groups is 1. The minimum Gasteiger partial charge on any atom is -0.490 e. The van der Waals surface area contributed by atoms with E-state index in [9.17, 15) is 13.2 Å². The SMILES string of the molecule is Cc1cc(Oc2ncccn2)ccc1NC(=O)CCNS(=O)(=O)c1ccc2c(c1)OCCCO2. The summed E-state index contributed by atoms with van der Waals surface area (Å²) < 4.78 is 44.3. The van der Waals surface area contributed by atoms with Crippen LogP contribution in [0.15, 0.2) is 59.8 Å². The molecule has 2 N–H and O–H groups in total. The quantitative estimate of drug-likeness (QED) is 0.499. The Morgan fingerprint density at radius 2 is 1.82 bits per heavy atom. The molecule has 178 valence electrons. The predicted octanol–water partition coefficient (Wildman–Crippen LogP) is 3.05. The van der Waals surface area contributed by atoms with Crippen molar-refractivity contribution in [2.24, 2.45) is 0 Å². The smallest absolute Gasteiger partial charge is 0.321 e. The number of fused-ring (bicyclic) bond motifs is 1. The maximum absolute atomic E-state index is 12.6. The van der Waals surface area contributed by atoms with Crippen molar-refractivity contribution >= 4 is 21.6 Å². The molecule has 10 nitrogen and oxygen atoms in total. The molecule has 0 aliphatic carbocycles. The number of carbonyl (C=O) groups excluding carboxylic acids is 1. The van der Waals surface area contributed by atoms with E-state index in [0.717, 1.165) is 12.0 Å². The molecule has 0 radical (unpaired) electrons. The van der Waals surface area contributed by atoms with Gasteiger partial charge in [-0.1, -0.05) is 0 Å². The number of nitrogens with zero attached hydrogens (tertiary/aromatic N) is 2. The second-order valence-corrected chi connectivity index (χ2v) is 9.23. The van der Waals surface area contributed by atoms with E-state index in [2.05, 4.69) is 20.0 Å². The number of ether oxygens (including phenoxy) is 3. The number of hydrogen-bond acceptors (Lipinski definition) is 8. The van der Waals surface area contributed by atoms with Gasteiger partial charge in [0.25, 0.3) is 0 Å². The number of hydrogen-bond donors (Lipinski definition) is 2. The number of aryl methyl sites for hydroxylation is 1. The third kappa shape index (κ3) is 6.00. The van der Waals surface area contributed by atoms with Gasteiger partial charge >= 0.3 is 6.01 Å². The van der Waals surface area contributed by atoms with Gasteiger partial charge in [-0.3, -0.25) is 4.79 Å². The molecule has 34 heavy (non-hydrogen) atoms. The molecule has 0 atom stereocenters. The van der Waals surface area contributed by atoms with E-state index in [-0.39, 0.29) is 29.8 Å². The van der Waals surface area contributed by atoms with Crippen LogP contribution in [-0.2, 0) is 14.8 Å². The van der Waals surface area contributed by atoms with E-state index in [1.165, 1.54) is 12.1 Å². The van der Waals surface area contributed by atoms with Gasteiger partial charge in [0.1, 0.15) is 5.75 Å². The highest BCUT2D eigenvalue weighted by molar-refractivity contribution is 7.89. The zero-order chi connectivity index (χ0) is 24.0. The van der Waals surface area contributed by atoms with Crippen molar-refractivity contribution in [1.29, 1.82) is 0 Å². The Labute approximate surface area is 197 Å². The molecule has 2 heterocycles. The van der Waals surface area contributed by atoms with Gasteiger partial charge in [0, 0.05) is 43.5 Å². The lowest BCUT2D eigenvalue weighted by atomic mass is 10.2. The Balaban J connectivity index is 1.30. The maximum atomic E-state index is 12.6. The molecule has 0 unspecified atom stereocenters. The monoisotopic (exact) mass is 484 g/mol. The fourth-order valence-electron chi connectivity index (χ4n) is 3.19. The molecule has 4 rings (SSSR count). The summed E-state index contributed by atoms with van der Waals surface area (Å²) in [5, 5.41) is 2.78. The molecule has 0 spiro atoms. The second kappa shape index (κ2) is 10.5. The van der Waals surface area contributed by atoms with Gasteiger partial charge in [0.15, 0.2) is 11.5 Å². The van der Waals surface area contributed by atoms with E-state index in [0.29, 0.717) is 36.1 Å². The van der Waals surface area contributed by atoms with Crippen molar-refractivity contribution in [1.82, 2.24) is 14.7 Å². The number of sulfonamides is 1. The topological polar surface area (TPSA) is 129 Å². The largest absolute Gasteiger partial charge is 0.490 e. The van der Waals surface area contributed by atoms with Gasteiger partial charge in [-0.25, -0.2) is 23.1 Å². The lowest BCUT2D eigenvalue weighted by molar-refractivity contribution is -0.116. The van der Waals surface area contributed by atoms with E-state index < -0.39 is 10.0 Å². The zero-order valence-corrected chi connectivity index (χ0v) is 19.3. The third-order valence-corrected chi connectivity index (χ3v) is 6.36. The van der Waals surface area contributed by atoms with Crippen molar-refractivity contribution < 1.29 is 27.4 Å². The Bertz CT molecular complexity index is 1270. The minimum absolute atomic E-state index is 0.0423. The standard InChI is InChI=1S/C23H24N4O6S/c1-16-14-17(33-23-24-9-2-10-25-23)4-6-19(16)27-22(28)8-11-26-34(29,30)18-5-7-20-21(15-18)32-13-3-12-31-20/h2,4-7,9-10,14-15,26H,3,8,11-13H2,1H3,(H,27,28). The summed E-state index contributed by atoms with van der Waals surface area (Å²) in [5.74, 6) is 1.10. The Morgan fingerprint density at radius 3 is 2.59 bits per heavy atom. The first-order chi connectivity index (χ1) is 16.4. The van der Waals surface area contributed by atoms with Crippen LogP contribution in [0.3, 0.4) is 0 Å². The first-order valence-electron chi connectivity index (χ1n) is 10.7. The van der Waals surface area contributed by atoms with Gasteiger partial charge < -0.3 is 19.5 Å². The van der Waals surface area contributed by atoms with Crippen molar-refractivity contribution in [3.05, 3.63) is 60.4 Å². The summed E-state index contributed by atoms with van der Waals surface area (Å²) in [4.78, 5) is 20.4. The summed E-state index contributed by atoms with van der Waals surface area (Å²) in [6, 6.07) is 11.5. The first kappa shape index (κ1) is 23.5. The number of rotatable bonds is 8. The van der Waals surface area contributed by atoms with Crippen molar-refractivity contribution in [2.45, 2.75) is 24.7 Å². The molecule has 2 aromatic carbocycles. The summed E-state index contributed by atoms with van der Waals surface area (Å²) >= 11 is 0. The Hall–Kier alpha value is -3.70.